The minimum absolute atomic E-state index is 0.0737. The van der Waals surface area contributed by atoms with Crippen LogP contribution in [0.2, 0.25) is 5.02 Å². The Bertz CT molecular complexity index is 927. The quantitative estimate of drug-likeness (QED) is 0.412. The summed E-state index contributed by atoms with van der Waals surface area (Å²) in [7, 11) is 1.63. The Morgan fingerprint density at radius 1 is 1.25 bits per heavy atom. The van der Waals surface area contributed by atoms with Gasteiger partial charge in [-0.1, -0.05) is 23.7 Å². The molecule has 0 aliphatic rings. The van der Waals surface area contributed by atoms with E-state index in [0.29, 0.717) is 29.5 Å². The number of rotatable bonds is 7. The first-order chi connectivity index (χ1) is 13.5. The Labute approximate surface area is 166 Å². The summed E-state index contributed by atoms with van der Waals surface area (Å²) in [5, 5.41) is 6.66. The zero-order valence-corrected chi connectivity index (χ0v) is 15.9. The van der Waals surface area contributed by atoms with E-state index in [-0.39, 0.29) is 12.3 Å². The van der Waals surface area contributed by atoms with E-state index in [1.54, 1.807) is 13.1 Å². The molecule has 1 aromatic heterocycles. The molecule has 0 fully saturated rings. The van der Waals surface area contributed by atoms with Crippen LogP contribution in [0.3, 0.4) is 0 Å². The minimum Gasteiger partial charge on any atom is -0.434 e. The molecule has 3 aromatic rings. The Hall–Kier alpha value is -2.87. The van der Waals surface area contributed by atoms with E-state index in [4.69, 9.17) is 11.6 Å². The van der Waals surface area contributed by atoms with Gasteiger partial charge in [-0.05, 0) is 30.3 Å². The SMILES string of the molecule is CN=C(NCCc1nc2ccccc2[nH]1)NCc1cc(Cl)ccc1OC(F)F. The van der Waals surface area contributed by atoms with Crippen molar-refractivity contribution < 1.29 is 13.5 Å². The number of alkyl halides is 2. The Morgan fingerprint density at radius 3 is 2.82 bits per heavy atom. The molecular formula is C19H20ClF2N5O. The van der Waals surface area contributed by atoms with E-state index in [2.05, 4.69) is 30.3 Å². The van der Waals surface area contributed by atoms with Gasteiger partial charge in [-0.3, -0.25) is 4.99 Å². The largest absolute Gasteiger partial charge is 0.434 e. The van der Waals surface area contributed by atoms with Crippen molar-refractivity contribution in [3.8, 4) is 5.75 Å². The molecule has 3 rings (SSSR count). The van der Waals surface area contributed by atoms with Crippen molar-refractivity contribution >= 4 is 28.6 Å². The summed E-state index contributed by atoms with van der Waals surface area (Å²) in [6.45, 7) is -2.08. The van der Waals surface area contributed by atoms with Crippen molar-refractivity contribution in [2.24, 2.45) is 4.99 Å². The summed E-state index contributed by atoms with van der Waals surface area (Å²) in [6, 6.07) is 12.3. The zero-order valence-electron chi connectivity index (χ0n) is 15.2. The summed E-state index contributed by atoms with van der Waals surface area (Å²) in [4.78, 5) is 11.9. The first-order valence-electron chi connectivity index (χ1n) is 8.66. The molecule has 1 heterocycles. The molecule has 0 amide bonds. The van der Waals surface area contributed by atoms with E-state index in [1.807, 2.05) is 24.3 Å². The molecule has 3 N–H and O–H groups in total. The monoisotopic (exact) mass is 407 g/mol. The lowest BCUT2D eigenvalue weighted by atomic mass is 10.2. The third-order valence-electron chi connectivity index (χ3n) is 4.00. The maximum Gasteiger partial charge on any atom is 0.387 e. The van der Waals surface area contributed by atoms with Crippen LogP contribution >= 0.6 is 11.6 Å². The molecule has 2 aromatic carbocycles. The Morgan fingerprint density at radius 2 is 2.07 bits per heavy atom. The molecule has 0 atom stereocenters. The average molecular weight is 408 g/mol. The van der Waals surface area contributed by atoms with Gasteiger partial charge in [0.05, 0.1) is 11.0 Å². The van der Waals surface area contributed by atoms with Crippen molar-refractivity contribution in [3.05, 3.63) is 58.9 Å². The number of aromatic amines is 1. The molecule has 0 spiro atoms. The van der Waals surface area contributed by atoms with Gasteiger partial charge in [-0.25, -0.2) is 4.98 Å². The summed E-state index contributed by atoms with van der Waals surface area (Å²) < 4.78 is 29.6. The predicted octanol–water partition coefficient (Wildman–Crippen LogP) is 3.73. The fourth-order valence-electron chi connectivity index (χ4n) is 2.72. The number of nitrogens with one attached hydrogen (secondary N) is 3. The van der Waals surface area contributed by atoms with E-state index in [9.17, 15) is 8.78 Å². The van der Waals surface area contributed by atoms with Gasteiger partial charge in [0.15, 0.2) is 5.96 Å². The van der Waals surface area contributed by atoms with Crippen LogP contribution in [0.4, 0.5) is 8.78 Å². The number of hydrogen-bond acceptors (Lipinski definition) is 3. The Kier molecular flexibility index (Phi) is 6.65. The zero-order chi connectivity index (χ0) is 19.9. The van der Waals surface area contributed by atoms with Crippen molar-refractivity contribution in [1.82, 2.24) is 20.6 Å². The lowest BCUT2D eigenvalue weighted by Crippen LogP contribution is -2.38. The molecule has 0 saturated carbocycles. The van der Waals surface area contributed by atoms with Crippen molar-refractivity contribution in [2.75, 3.05) is 13.6 Å². The second kappa shape index (κ2) is 9.36. The number of halogens is 3. The number of guanidine groups is 1. The highest BCUT2D eigenvalue weighted by Gasteiger charge is 2.11. The van der Waals surface area contributed by atoms with Crippen molar-refractivity contribution in [1.29, 1.82) is 0 Å². The third kappa shape index (κ3) is 5.32. The maximum atomic E-state index is 12.6. The van der Waals surface area contributed by atoms with E-state index in [1.165, 1.54) is 12.1 Å². The normalized spacial score (nSPS) is 11.8. The molecule has 0 bridgehead atoms. The van der Waals surface area contributed by atoms with Crippen LogP contribution in [0.1, 0.15) is 11.4 Å². The van der Waals surface area contributed by atoms with Gasteiger partial charge in [0, 0.05) is 37.1 Å². The number of para-hydroxylation sites is 2. The lowest BCUT2D eigenvalue weighted by Gasteiger charge is -2.14. The van der Waals surface area contributed by atoms with Crippen LogP contribution < -0.4 is 15.4 Å². The van der Waals surface area contributed by atoms with Gasteiger partial charge in [0.25, 0.3) is 0 Å². The van der Waals surface area contributed by atoms with Gasteiger partial charge in [-0.15, -0.1) is 0 Å². The molecule has 0 saturated heterocycles. The number of aromatic nitrogens is 2. The molecule has 0 unspecified atom stereocenters. The highest BCUT2D eigenvalue weighted by Crippen LogP contribution is 2.24. The number of ether oxygens (including phenoxy) is 1. The van der Waals surface area contributed by atoms with Crippen LogP contribution in [-0.2, 0) is 13.0 Å². The van der Waals surface area contributed by atoms with Gasteiger partial charge >= 0.3 is 6.61 Å². The van der Waals surface area contributed by atoms with Crippen molar-refractivity contribution in [2.45, 2.75) is 19.6 Å². The van der Waals surface area contributed by atoms with Gasteiger partial charge in [-0.2, -0.15) is 8.78 Å². The van der Waals surface area contributed by atoms with Crippen LogP contribution in [0, 0.1) is 0 Å². The molecule has 28 heavy (non-hydrogen) atoms. The van der Waals surface area contributed by atoms with Crippen LogP contribution in [0.5, 0.6) is 5.75 Å². The Balaban J connectivity index is 1.54. The summed E-state index contributed by atoms with van der Waals surface area (Å²) in [5.74, 6) is 1.47. The number of fused-ring (bicyclic) bond motifs is 1. The summed E-state index contributed by atoms with van der Waals surface area (Å²) in [5.41, 5.74) is 2.42. The van der Waals surface area contributed by atoms with E-state index in [0.717, 1.165) is 16.9 Å². The summed E-state index contributed by atoms with van der Waals surface area (Å²) >= 11 is 5.96. The fourth-order valence-corrected chi connectivity index (χ4v) is 2.91. The van der Waals surface area contributed by atoms with Gasteiger partial charge < -0.3 is 20.4 Å². The summed E-state index contributed by atoms with van der Waals surface area (Å²) in [6.07, 6.45) is 0.673. The minimum atomic E-state index is -2.90. The third-order valence-corrected chi connectivity index (χ3v) is 4.24. The number of aliphatic imine (C=N–C) groups is 1. The van der Waals surface area contributed by atoms with Crippen LogP contribution in [0.25, 0.3) is 11.0 Å². The van der Waals surface area contributed by atoms with Gasteiger partial charge in [0.2, 0.25) is 0 Å². The van der Waals surface area contributed by atoms with Crippen LogP contribution in [-0.4, -0.2) is 36.1 Å². The standard InChI is InChI=1S/C19H20ClF2N5O/c1-23-19(24-9-8-17-26-14-4-2-3-5-15(14)27-17)25-11-12-10-13(20)6-7-16(12)28-18(21)22/h2-7,10,18H,8-9,11H2,1H3,(H,26,27)(H2,23,24,25). The molecule has 6 nitrogen and oxygen atoms in total. The number of imidazole rings is 1. The van der Waals surface area contributed by atoms with Crippen molar-refractivity contribution in [3.63, 3.8) is 0 Å². The molecule has 0 aliphatic heterocycles. The highest BCUT2D eigenvalue weighted by molar-refractivity contribution is 6.30. The fraction of sp³-hybridized carbons (Fsp3) is 0.263. The molecule has 0 aliphatic carbocycles. The molecular weight excluding hydrogens is 388 g/mol. The topological polar surface area (TPSA) is 74.3 Å². The molecule has 9 heteroatoms. The second-order valence-corrected chi connectivity index (χ2v) is 6.37. The first-order valence-corrected chi connectivity index (χ1v) is 9.04. The first kappa shape index (κ1) is 19.9. The number of hydrogen-bond donors (Lipinski definition) is 3. The average Bonchev–Trinajstić information content (AvgIpc) is 3.08. The molecule has 0 radical (unpaired) electrons. The predicted molar refractivity (Wildman–Crippen MR) is 106 cm³/mol. The lowest BCUT2D eigenvalue weighted by molar-refractivity contribution is -0.0504. The van der Waals surface area contributed by atoms with E-state index >= 15 is 0 Å². The smallest absolute Gasteiger partial charge is 0.387 e. The molecule has 148 valence electrons. The maximum absolute atomic E-state index is 12.6. The van der Waals surface area contributed by atoms with Gasteiger partial charge in [0.1, 0.15) is 11.6 Å². The number of nitrogens with zero attached hydrogens (tertiary/aromatic N) is 2. The van der Waals surface area contributed by atoms with Crippen LogP contribution in [0.15, 0.2) is 47.5 Å². The second-order valence-electron chi connectivity index (χ2n) is 5.93. The number of benzene rings is 2. The number of H-pyrrole nitrogens is 1. The highest BCUT2D eigenvalue weighted by atomic mass is 35.5. The van der Waals surface area contributed by atoms with E-state index < -0.39 is 6.61 Å².